The Hall–Kier alpha value is -3.39. The Labute approximate surface area is 186 Å². The van der Waals surface area contributed by atoms with Gasteiger partial charge in [-0.25, -0.2) is 17.6 Å². The number of hydrogen-bond donors (Lipinski definition) is 1. The van der Waals surface area contributed by atoms with Crippen LogP contribution in [0.25, 0.3) is 0 Å². The van der Waals surface area contributed by atoms with Gasteiger partial charge in [-0.15, -0.1) is 0 Å². The molecule has 6 nitrogen and oxygen atoms in total. The van der Waals surface area contributed by atoms with Gasteiger partial charge in [0, 0.05) is 6.54 Å². The molecule has 0 amide bonds. The van der Waals surface area contributed by atoms with Gasteiger partial charge in [0.1, 0.15) is 17.3 Å². The number of sulfonamides is 1. The lowest BCUT2D eigenvalue weighted by Crippen LogP contribution is -2.31. The molecule has 0 spiro atoms. The van der Waals surface area contributed by atoms with Gasteiger partial charge in [0.15, 0.2) is 0 Å². The third-order valence-electron chi connectivity index (χ3n) is 5.06. The van der Waals surface area contributed by atoms with Crippen LogP contribution in [0.15, 0.2) is 65.6 Å². The number of rotatable bonds is 8. The predicted molar refractivity (Wildman–Crippen MR) is 121 cm³/mol. The van der Waals surface area contributed by atoms with Crippen molar-refractivity contribution in [2.24, 2.45) is 0 Å². The number of aryl methyl sites for hydroxylation is 2. The first kappa shape index (κ1) is 23.3. The number of halogens is 1. The van der Waals surface area contributed by atoms with E-state index in [1.54, 1.807) is 44.2 Å². The number of nitrogens with zero attached hydrogens (tertiary/aromatic N) is 1. The zero-order valence-electron chi connectivity index (χ0n) is 18.0. The number of ether oxygens (including phenoxy) is 1. The third kappa shape index (κ3) is 4.75. The number of carboxylic acids is 1. The van der Waals surface area contributed by atoms with Crippen LogP contribution in [0.2, 0.25) is 0 Å². The van der Waals surface area contributed by atoms with Gasteiger partial charge in [0.2, 0.25) is 0 Å². The summed E-state index contributed by atoms with van der Waals surface area (Å²) in [5, 5.41) is 9.44. The van der Waals surface area contributed by atoms with E-state index < -0.39 is 16.0 Å². The summed E-state index contributed by atoms with van der Waals surface area (Å²) in [5.74, 6) is -0.559. The first-order valence-electron chi connectivity index (χ1n) is 10.1. The van der Waals surface area contributed by atoms with Crippen molar-refractivity contribution in [3.8, 4) is 11.5 Å². The van der Waals surface area contributed by atoms with E-state index in [9.17, 15) is 22.7 Å². The third-order valence-corrected chi connectivity index (χ3v) is 6.96. The summed E-state index contributed by atoms with van der Waals surface area (Å²) < 4.78 is 46.9. The molecule has 0 aliphatic heterocycles. The van der Waals surface area contributed by atoms with E-state index in [2.05, 4.69) is 0 Å². The van der Waals surface area contributed by atoms with Crippen molar-refractivity contribution in [3.05, 3.63) is 83.2 Å². The van der Waals surface area contributed by atoms with Crippen molar-refractivity contribution in [2.75, 3.05) is 10.8 Å². The topological polar surface area (TPSA) is 83.9 Å². The van der Waals surface area contributed by atoms with Crippen LogP contribution in [0, 0.1) is 12.7 Å². The Kier molecular flexibility index (Phi) is 6.84. The number of benzene rings is 3. The Morgan fingerprint density at radius 2 is 1.66 bits per heavy atom. The van der Waals surface area contributed by atoms with E-state index >= 15 is 0 Å². The predicted octanol–water partition coefficient (Wildman–Crippen LogP) is 5.40. The molecule has 3 rings (SSSR count). The van der Waals surface area contributed by atoms with Crippen LogP contribution < -0.4 is 9.04 Å². The summed E-state index contributed by atoms with van der Waals surface area (Å²) in [6.07, 6.45) is 0.481. The fourth-order valence-electron chi connectivity index (χ4n) is 3.34. The molecule has 3 aromatic carbocycles. The summed E-state index contributed by atoms with van der Waals surface area (Å²) >= 11 is 0. The minimum absolute atomic E-state index is 0.0250. The van der Waals surface area contributed by atoms with Gasteiger partial charge in [-0.3, -0.25) is 4.31 Å². The maximum atomic E-state index is 13.4. The van der Waals surface area contributed by atoms with Crippen molar-refractivity contribution < 1.29 is 27.4 Å². The van der Waals surface area contributed by atoms with Gasteiger partial charge < -0.3 is 9.84 Å². The van der Waals surface area contributed by atoms with Crippen LogP contribution in [0.3, 0.4) is 0 Å². The summed E-state index contributed by atoms with van der Waals surface area (Å²) in [6.45, 7) is 5.29. The molecule has 8 heteroatoms. The van der Waals surface area contributed by atoms with Crippen LogP contribution in [0.1, 0.15) is 35.3 Å². The second-order valence-electron chi connectivity index (χ2n) is 7.15. The number of carboxylic acid groups (broad SMARTS) is 1. The van der Waals surface area contributed by atoms with Crippen molar-refractivity contribution >= 4 is 21.7 Å². The first-order chi connectivity index (χ1) is 15.2. The highest BCUT2D eigenvalue weighted by Crippen LogP contribution is 2.29. The van der Waals surface area contributed by atoms with E-state index in [0.717, 1.165) is 0 Å². The Morgan fingerprint density at radius 3 is 2.22 bits per heavy atom. The average molecular weight is 458 g/mol. The van der Waals surface area contributed by atoms with Crippen LogP contribution in [-0.2, 0) is 16.4 Å². The lowest BCUT2D eigenvalue weighted by atomic mass is 10.1. The van der Waals surface area contributed by atoms with E-state index in [1.165, 1.54) is 34.6 Å². The van der Waals surface area contributed by atoms with Gasteiger partial charge in [0.25, 0.3) is 10.0 Å². The number of hydrogen-bond acceptors (Lipinski definition) is 4. The molecule has 0 atom stereocenters. The molecule has 32 heavy (non-hydrogen) atoms. The fourth-order valence-corrected chi connectivity index (χ4v) is 4.84. The zero-order chi connectivity index (χ0) is 23.5. The number of carbonyl (C=O) groups is 1. The van der Waals surface area contributed by atoms with Crippen molar-refractivity contribution in [1.82, 2.24) is 0 Å². The zero-order valence-corrected chi connectivity index (χ0v) is 18.8. The average Bonchev–Trinajstić information content (AvgIpc) is 2.77. The van der Waals surface area contributed by atoms with Crippen LogP contribution in [-0.4, -0.2) is 26.0 Å². The molecular formula is C24H24FNO5S. The van der Waals surface area contributed by atoms with Gasteiger partial charge >= 0.3 is 5.97 Å². The highest BCUT2D eigenvalue weighted by atomic mass is 32.2. The largest absolute Gasteiger partial charge is 0.478 e. The quantitative estimate of drug-likeness (QED) is 0.489. The van der Waals surface area contributed by atoms with Crippen LogP contribution in [0.5, 0.6) is 11.5 Å². The summed E-state index contributed by atoms with van der Waals surface area (Å²) in [6, 6.07) is 15.0. The van der Waals surface area contributed by atoms with E-state index in [4.69, 9.17) is 4.74 Å². The second kappa shape index (κ2) is 9.40. The Balaban J connectivity index is 1.89. The van der Waals surface area contributed by atoms with Crippen molar-refractivity contribution in [1.29, 1.82) is 0 Å². The van der Waals surface area contributed by atoms with Crippen molar-refractivity contribution in [2.45, 2.75) is 32.1 Å². The molecule has 0 unspecified atom stereocenters. The lowest BCUT2D eigenvalue weighted by molar-refractivity contribution is 0.0695. The molecule has 1 N–H and O–H groups in total. The molecule has 3 aromatic rings. The molecule has 0 saturated heterocycles. The summed E-state index contributed by atoms with van der Waals surface area (Å²) in [7, 11) is -3.98. The number of aromatic carboxylic acids is 1. The Morgan fingerprint density at radius 1 is 1.00 bits per heavy atom. The van der Waals surface area contributed by atoms with E-state index in [1.807, 2.05) is 6.92 Å². The SMILES string of the molecule is CCc1ccc(S(=O)(=O)N(CC)c2ccc(Oc3ccc(F)c(C)c3)cc2)cc1C(=O)O. The van der Waals surface area contributed by atoms with Crippen LogP contribution >= 0.6 is 0 Å². The molecule has 0 radical (unpaired) electrons. The molecular weight excluding hydrogens is 433 g/mol. The summed E-state index contributed by atoms with van der Waals surface area (Å²) in [5.41, 5.74) is 1.41. The monoisotopic (exact) mass is 457 g/mol. The van der Waals surface area contributed by atoms with Gasteiger partial charge in [-0.05, 0) is 86.0 Å². The Bertz CT molecular complexity index is 1240. The molecule has 0 heterocycles. The van der Waals surface area contributed by atoms with Gasteiger partial charge in [-0.2, -0.15) is 0 Å². The maximum absolute atomic E-state index is 13.4. The smallest absolute Gasteiger partial charge is 0.336 e. The lowest BCUT2D eigenvalue weighted by Gasteiger charge is -2.23. The second-order valence-corrected chi connectivity index (χ2v) is 9.02. The number of anilines is 1. The van der Waals surface area contributed by atoms with E-state index in [0.29, 0.717) is 34.7 Å². The van der Waals surface area contributed by atoms with Gasteiger partial charge in [-0.1, -0.05) is 13.0 Å². The molecule has 0 aliphatic rings. The minimum Gasteiger partial charge on any atom is -0.478 e. The standard InChI is InChI=1S/C24H24FNO5S/c1-4-17-6-12-21(15-22(17)24(27)28)32(29,30)26(5-2)18-7-9-19(10-8-18)31-20-11-13-23(25)16(3)14-20/h6-15H,4-5H2,1-3H3,(H,27,28). The molecule has 0 fully saturated rings. The fraction of sp³-hybridized carbons (Fsp3) is 0.208. The molecule has 0 saturated carbocycles. The van der Waals surface area contributed by atoms with Crippen LogP contribution in [0.4, 0.5) is 10.1 Å². The van der Waals surface area contributed by atoms with Gasteiger partial charge in [0.05, 0.1) is 16.1 Å². The normalized spacial score (nSPS) is 11.2. The highest BCUT2D eigenvalue weighted by Gasteiger charge is 2.25. The molecule has 0 aliphatic carbocycles. The van der Waals surface area contributed by atoms with Crippen molar-refractivity contribution in [3.63, 3.8) is 0 Å². The molecule has 168 valence electrons. The van der Waals surface area contributed by atoms with E-state index in [-0.39, 0.29) is 22.8 Å². The minimum atomic E-state index is -3.98. The summed E-state index contributed by atoms with van der Waals surface area (Å²) in [4.78, 5) is 11.5. The highest BCUT2D eigenvalue weighted by molar-refractivity contribution is 7.92. The first-order valence-corrected chi connectivity index (χ1v) is 11.5. The molecule has 0 bridgehead atoms. The maximum Gasteiger partial charge on any atom is 0.336 e. The molecule has 0 aromatic heterocycles.